The topological polar surface area (TPSA) is 67.4 Å². The summed E-state index contributed by atoms with van der Waals surface area (Å²) < 4.78 is 4.93. The number of fused-ring (bicyclic) bond motifs is 1. The van der Waals surface area contributed by atoms with E-state index in [0.717, 1.165) is 19.4 Å². The van der Waals surface area contributed by atoms with E-state index in [2.05, 4.69) is 10.6 Å². The summed E-state index contributed by atoms with van der Waals surface area (Å²) in [5.41, 5.74) is 0. The third kappa shape index (κ3) is 1.16. The van der Waals surface area contributed by atoms with E-state index in [9.17, 15) is 9.59 Å². The second kappa shape index (κ2) is 2.75. The van der Waals surface area contributed by atoms with E-state index >= 15 is 0 Å². The molecule has 2 unspecified atom stereocenters. The lowest BCUT2D eigenvalue weighted by molar-refractivity contribution is -0.129. The first-order valence-electron chi connectivity index (χ1n) is 4.02. The molecule has 0 aromatic heterocycles. The van der Waals surface area contributed by atoms with Gasteiger partial charge in [-0.25, -0.2) is 4.79 Å². The third-order valence-electron chi connectivity index (χ3n) is 2.17. The van der Waals surface area contributed by atoms with Crippen LogP contribution in [0.5, 0.6) is 0 Å². The molecular weight excluding hydrogens is 160 g/mol. The van der Waals surface area contributed by atoms with Gasteiger partial charge in [0.15, 0.2) is 0 Å². The predicted molar refractivity (Wildman–Crippen MR) is 39.4 cm³/mol. The number of hydrogen-bond donors (Lipinski definition) is 2. The van der Waals surface area contributed by atoms with Gasteiger partial charge in [0.1, 0.15) is 12.1 Å². The summed E-state index contributed by atoms with van der Waals surface area (Å²) >= 11 is 0. The lowest BCUT2D eigenvalue weighted by Crippen LogP contribution is -2.61. The second-order valence-electron chi connectivity index (χ2n) is 3.01. The van der Waals surface area contributed by atoms with Gasteiger partial charge in [-0.3, -0.25) is 10.1 Å². The molecule has 0 bridgehead atoms. The summed E-state index contributed by atoms with van der Waals surface area (Å²) in [5.74, 6) is -0.268. The molecule has 2 fully saturated rings. The Labute approximate surface area is 69.5 Å². The van der Waals surface area contributed by atoms with Gasteiger partial charge < -0.3 is 10.1 Å². The molecule has 66 valence electrons. The minimum absolute atomic E-state index is 0.264. The molecule has 2 rings (SSSR count). The standard InChI is InChI=1S/C7H10N2O3/c10-6-5-4(2-1-3-8-5)12-7(11)9-6/h4-5,8H,1-3H2,(H,9,10,11). The zero-order chi connectivity index (χ0) is 8.55. The van der Waals surface area contributed by atoms with Gasteiger partial charge in [0.25, 0.3) is 0 Å². The van der Waals surface area contributed by atoms with Crippen LogP contribution in [0.15, 0.2) is 0 Å². The van der Waals surface area contributed by atoms with Crippen molar-refractivity contribution in [2.24, 2.45) is 0 Å². The van der Waals surface area contributed by atoms with Crippen molar-refractivity contribution in [3.63, 3.8) is 0 Å². The molecule has 2 aliphatic heterocycles. The molecule has 0 aromatic rings. The largest absolute Gasteiger partial charge is 0.444 e. The van der Waals surface area contributed by atoms with E-state index in [1.54, 1.807) is 0 Å². The minimum Gasteiger partial charge on any atom is -0.444 e. The van der Waals surface area contributed by atoms with Crippen molar-refractivity contribution in [1.29, 1.82) is 0 Å². The fraction of sp³-hybridized carbons (Fsp3) is 0.714. The van der Waals surface area contributed by atoms with Gasteiger partial charge in [-0.2, -0.15) is 0 Å². The van der Waals surface area contributed by atoms with Crippen molar-refractivity contribution in [2.45, 2.75) is 25.0 Å². The van der Waals surface area contributed by atoms with Crippen molar-refractivity contribution in [3.8, 4) is 0 Å². The van der Waals surface area contributed by atoms with Crippen LogP contribution in [0.3, 0.4) is 0 Å². The van der Waals surface area contributed by atoms with Gasteiger partial charge in [0, 0.05) is 0 Å². The highest BCUT2D eigenvalue weighted by atomic mass is 16.6. The number of imide groups is 1. The van der Waals surface area contributed by atoms with Gasteiger partial charge in [-0.05, 0) is 19.4 Å². The van der Waals surface area contributed by atoms with Crippen molar-refractivity contribution in [3.05, 3.63) is 0 Å². The third-order valence-corrected chi connectivity index (χ3v) is 2.17. The Kier molecular flexibility index (Phi) is 1.73. The number of carbonyl (C=O) groups is 2. The first-order valence-corrected chi connectivity index (χ1v) is 4.02. The number of amides is 2. The van der Waals surface area contributed by atoms with Crippen LogP contribution in [-0.2, 0) is 9.53 Å². The molecule has 5 heteroatoms. The molecule has 2 aliphatic rings. The minimum atomic E-state index is -0.620. The number of alkyl carbamates (subject to hydrolysis) is 1. The molecule has 2 amide bonds. The average Bonchev–Trinajstić information content (AvgIpc) is 2.04. The molecular formula is C7H10N2O3. The van der Waals surface area contributed by atoms with Crippen LogP contribution < -0.4 is 10.6 Å². The number of nitrogens with one attached hydrogen (secondary N) is 2. The highest BCUT2D eigenvalue weighted by Gasteiger charge is 2.38. The van der Waals surface area contributed by atoms with Crippen LogP contribution in [0, 0.1) is 0 Å². The maximum Gasteiger partial charge on any atom is 0.414 e. The molecule has 2 atom stereocenters. The molecule has 0 saturated carbocycles. The maximum atomic E-state index is 11.2. The van der Waals surface area contributed by atoms with Crippen LogP contribution in [0.2, 0.25) is 0 Å². The predicted octanol–water partition coefficient (Wildman–Crippen LogP) is -0.627. The first-order chi connectivity index (χ1) is 5.77. The van der Waals surface area contributed by atoms with E-state index in [1.165, 1.54) is 0 Å². The van der Waals surface area contributed by atoms with Gasteiger partial charge in [0.05, 0.1) is 0 Å². The van der Waals surface area contributed by atoms with E-state index < -0.39 is 6.09 Å². The first kappa shape index (κ1) is 7.54. The lowest BCUT2D eigenvalue weighted by Gasteiger charge is -2.34. The summed E-state index contributed by atoms with van der Waals surface area (Å²) in [5, 5.41) is 5.12. The van der Waals surface area contributed by atoms with E-state index in [1.807, 2.05) is 0 Å². The average molecular weight is 170 g/mol. The molecule has 2 saturated heterocycles. The molecule has 0 aromatic carbocycles. The zero-order valence-corrected chi connectivity index (χ0v) is 6.50. The van der Waals surface area contributed by atoms with Crippen molar-refractivity contribution in [2.75, 3.05) is 6.54 Å². The second-order valence-corrected chi connectivity index (χ2v) is 3.01. The van der Waals surface area contributed by atoms with Crippen molar-refractivity contribution < 1.29 is 14.3 Å². The van der Waals surface area contributed by atoms with Crippen molar-refractivity contribution in [1.82, 2.24) is 10.6 Å². The lowest BCUT2D eigenvalue weighted by atomic mass is 10.00. The molecule has 0 radical (unpaired) electrons. The van der Waals surface area contributed by atoms with Gasteiger partial charge in [-0.1, -0.05) is 0 Å². The number of carbonyl (C=O) groups excluding carboxylic acids is 2. The van der Waals surface area contributed by atoms with E-state index in [0.29, 0.717) is 0 Å². The Morgan fingerprint density at radius 2 is 2.25 bits per heavy atom. The quantitative estimate of drug-likeness (QED) is 0.508. The monoisotopic (exact) mass is 170 g/mol. The Bertz CT molecular complexity index is 229. The highest BCUT2D eigenvalue weighted by Crippen LogP contribution is 2.15. The molecule has 2 N–H and O–H groups in total. The fourth-order valence-corrected chi connectivity index (χ4v) is 1.59. The van der Waals surface area contributed by atoms with Gasteiger partial charge in [0.2, 0.25) is 5.91 Å². The van der Waals surface area contributed by atoms with E-state index in [-0.39, 0.29) is 18.1 Å². The zero-order valence-electron chi connectivity index (χ0n) is 6.50. The van der Waals surface area contributed by atoms with Crippen LogP contribution >= 0.6 is 0 Å². The summed E-state index contributed by atoms with van der Waals surface area (Å²) in [6, 6.07) is -0.337. The molecule has 0 aliphatic carbocycles. The molecule has 5 nitrogen and oxygen atoms in total. The summed E-state index contributed by atoms with van der Waals surface area (Å²) in [4.78, 5) is 21.9. The van der Waals surface area contributed by atoms with Crippen LogP contribution in [0.25, 0.3) is 0 Å². The van der Waals surface area contributed by atoms with Gasteiger partial charge in [-0.15, -0.1) is 0 Å². The number of ether oxygens (including phenoxy) is 1. The summed E-state index contributed by atoms with van der Waals surface area (Å²) in [6.45, 7) is 0.812. The maximum absolute atomic E-state index is 11.2. The molecule has 12 heavy (non-hydrogen) atoms. The summed E-state index contributed by atoms with van der Waals surface area (Å²) in [6.07, 6.45) is 0.836. The Balaban J connectivity index is 2.11. The Hall–Kier alpha value is -1.10. The summed E-state index contributed by atoms with van der Waals surface area (Å²) in [7, 11) is 0. The highest BCUT2D eigenvalue weighted by molar-refractivity contribution is 5.97. The van der Waals surface area contributed by atoms with Crippen molar-refractivity contribution >= 4 is 12.0 Å². The molecule has 2 heterocycles. The Morgan fingerprint density at radius 1 is 1.42 bits per heavy atom. The van der Waals surface area contributed by atoms with Crippen LogP contribution in [0.1, 0.15) is 12.8 Å². The van der Waals surface area contributed by atoms with E-state index in [4.69, 9.17) is 4.74 Å². The normalized spacial score (nSPS) is 35.0. The molecule has 0 spiro atoms. The SMILES string of the molecule is O=C1NC(=O)C2NCCCC2O1. The van der Waals surface area contributed by atoms with Gasteiger partial charge >= 0.3 is 6.09 Å². The fourth-order valence-electron chi connectivity index (χ4n) is 1.59. The smallest absolute Gasteiger partial charge is 0.414 e. The Morgan fingerprint density at radius 3 is 3.08 bits per heavy atom. The van der Waals surface area contributed by atoms with Crippen LogP contribution in [0.4, 0.5) is 4.79 Å². The van der Waals surface area contributed by atoms with Crippen LogP contribution in [-0.4, -0.2) is 30.7 Å². The number of piperidine rings is 1. The number of hydrogen-bond acceptors (Lipinski definition) is 4. The number of rotatable bonds is 0.